The molecule has 0 fully saturated rings. The summed E-state index contributed by atoms with van der Waals surface area (Å²) in [6, 6.07) is 17.1. The smallest absolute Gasteiger partial charge is 0.165 e. The van der Waals surface area contributed by atoms with Crippen molar-refractivity contribution < 1.29 is 9.47 Å². The van der Waals surface area contributed by atoms with Crippen molar-refractivity contribution in [3.05, 3.63) is 99.0 Å². The highest BCUT2D eigenvalue weighted by Crippen LogP contribution is 2.35. The molecule has 0 aliphatic carbocycles. The van der Waals surface area contributed by atoms with Crippen LogP contribution in [0, 0.1) is 0 Å². The maximum absolute atomic E-state index is 6.28. The first kappa shape index (κ1) is 23.3. The summed E-state index contributed by atoms with van der Waals surface area (Å²) in [5.74, 6) is 1.43. The molecule has 0 unspecified atom stereocenters. The Morgan fingerprint density at radius 3 is 2.32 bits per heavy atom. The predicted octanol–water partition coefficient (Wildman–Crippen LogP) is 7.97. The number of nitrogens with one attached hydrogen (secondary N) is 1. The van der Waals surface area contributed by atoms with Crippen LogP contribution < -0.4 is 14.8 Å². The number of benzene rings is 3. The Kier molecular flexibility index (Phi) is 8.53. The molecule has 0 radical (unpaired) electrons. The van der Waals surface area contributed by atoms with Crippen LogP contribution in [0.2, 0.25) is 15.1 Å². The van der Waals surface area contributed by atoms with Crippen LogP contribution in [0.3, 0.4) is 0 Å². The minimum absolute atomic E-state index is 0.416. The fourth-order valence-electron chi connectivity index (χ4n) is 3.13. The molecule has 0 saturated heterocycles. The van der Waals surface area contributed by atoms with E-state index in [1.165, 1.54) is 0 Å². The number of ether oxygens (including phenoxy) is 2. The molecule has 0 atom stereocenters. The average molecular weight is 477 g/mol. The Morgan fingerprint density at radius 2 is 1.65 bits per heavy atom. The number of anilines is 1. The van der Waals surface area contributed by atoms with Crippen LogP contribution in [0.15, 0.2) is 67.3 Å². The third-order valence-corrected chi connectivity index (χ3v) is 5.37. The van der Waals surface area contributed by atoms with Gasteiger partial charge in [-0.3, -0.25) is 0 Å². The second kappa shape index (κ2) is 11.3. The molecule has 0 aliphatic rings. The number of allylic oxidation sites excluding steroid dienone is 1. The lowest BCUT2D eigenvalue weighted by molar-refractivity contribution is 0.267. The Balaban J connectivity index is 1.84. The van der Waals surface area contributed by atoms with Gasteiger partial charge in [0.15, 0.2) is 11.5 Å². The van der Waals surface area contributed by atoms with Crippen LogP contribution in [0.25, 0.3) is 0 Å². The van der Waals surface area contributed by atoms with Crippen molar-refractivity contribution >= 4 is 40.5 Å². The van der Waals surface area contributed by atoms with E-state index in [1.807, 2.05) is 49.4 Å². The molecule has 3 rings (SSSR count). The second-order valence-corrected chi connectivity index (χ2v) is 8.18. The normalized spacial score (nSPS) is 10.6. The van der Waals surface area contributed by atoms with Crippen molar-refractivity contribution in [1.29, 1.82) is 0 Å². The molecule has 0 saturated carbocycles. The standard InChI is InChI=1S/C25H24Cl3NO2/c1-3-5-19-12-18(15-29-23-11-10-21(27)14-22(23)28)13-24(30-4-2)25(19)31-16-17-6-8-20(26)9-7-17/h3,6-14,29H,1,4-5,15-16H2,2H3. The van der Waals surface area contributed by atoms with E-state index in [1.54, 1.807) is 12.1 Å². The van der Waals surface area contributed by atoms with Gasteiger partial charge in [0.05, 0.1) is 17.3 Å². The van der Waals surface area contributed by atoms with Crippen LogP contribution in [0.4, 0.5) is 5.69 Å². The molecule has 0 aliphatic heterocycles. The van der Waals surface area contributed by atoms with E-state index in [9.17, 15) is 0 Å². The summed E-state index contributed by atoms with van der Waals surface area (Å²) in [7, 11) is 0. The van der Waals surface area contributed by atoms with Crippen molar-refractivity contribution in [3.63, 3.8) is 0 Å². The highest BCUT2D eigenvalue weighted by atomic mass is 35.5. The lowest BCUT2D eigenvalue weighted by Gasteiger charge is -2.18. The summed E-state index contributed by atoms with van der Waals surface area (Å²) in [6.07, 6.45) is 2.51. The molecule has 3 nitrogen and oxygen atoms in total. The van der Waals surface area contributed by atoms with Gasteiger partial charge >= 0.3 is 0 Å². The Morgan fingerprint density at radius 1 is 0.903 bits per heavy atom. The molecule has 0 heterocycles. The fraction of sp³-hybridized carbons (Fsp3) is 0.200. The molecule has 3 aromatic carbocycles. The van der Waals surface area contributed by atoms with E-state index in [0.29, 0.717) is 47.0 Å². The van der Waals surface area contributed by atoms with Crippen LogP contribution >= 0.6 is 34.8 Å². The van der Waals surface area contributed by atoms with Gasteiger partial charge in [-0.2, -0.15) is 0 Å². The van der Waals surface area contributed by atoms with Gasteiger partial charge in [-0.1, -0.05) is 53.0 Å². The van der Waals surface area contributed by atoms with Crippen LogP contribution in [-0.4, -0.2) is 6.61 Å². The van der Waals surface area contributed by atoms with Crippen molar-refractivity contribution in [3.8, 4) is 11.5 Å². The SMILES string of the molecule is C=CCc1cc(CNc2ccc(Cl)cc2Cl)cc(OCC)c1OCc1ccc(Cl)cc1. The van der Waals surface area contributed by atoms with Crippen LogP contribution in [-0.2, 0) is 19.6 Å². The zero-order valence-corrected chi connectivity index (χ0v) is 19.5. The van der Waals surface area contributed by atoms with Crippen molar-refractivity contribution in [1.82, 2.24) is 0 Å². The first-order valence-electron chi connectivity index (χ1n) is 9.95. The van der Waals surface area contributed by atoms with E-state index in [0.717, 1.165) is 28.1 Å². The van der Waals surface area contributed by atoms with Gasteiger partial charge in [-0.25, -0.2) is 0 Å². The molecule has 6 heteroatoms. The summed E-state index contributed by atoms with van der Waals surface area (Å²) >= 11 is 18.2. The highest BCUT2D eigenvalue weighted by molar-refractivity contribution is 6.36. The lowest BCUT2D eigenvalue weighted by atomic mass is 10.0. The molecule has 3 aromatic rings. The summed E-state index contributed by atoms with van der Waals surface area (Å²) in [6.45, 7) is 7.36. The molecule has 0 aromatic heterocycles. The molecule has 0 bridgehead atoms. The minimum atomic E-state index is 0.416. The van der Waals surface area contributed by atoms with Gasteiger partial charge in [0.25, 0.3) is 0 Å². The first-order valence-corrected chi connectivity index (χ1v) is 11.1. The Hall–Kier alpha value is -2.33. The maximum atomic E-state index is 6.28. The third kappa shape index (κ3) is 6.57. The molecular weight excluding hydrogens is 453 g/mol. The van der Waals surface area contributed by atoms with E-state index < -0.39 is 0 Å². The summed E-state index contributed by atoms with van der Waals surface area (Å²) < 4.78 is 12.1. The Bertz CT molecular complexity index is 1040. The summed E-state index contributed by atoms with van der Waals surface area (Å²) in [4.78, 5) is 0. The molecule has 0 spiro atoms. The van der Waals surface area contributed by atoms with Gasteiger partial charge in [-0.15, -0.1) is 6.58 Å². The van der Waals surface area contributed by atoms with Gasteiger partial charge in [-0.05, 0) is 66.9 Å². The number of hydrogen-bond acceptors (Lipinski definition) is 3. The van der Waals surface area contributed by atoms with E-state index >= 15 is 0 Å². The number of rotatable bonds is 10. The predicted molar refractivity (Wildman–Crippen MR) is 131 cm³/mol. The molecule has 0 amide bonds. The second-order valence-electron chi connectivity index (χ2n) is 6.90. The topological polar surface area (TPSA) is 30.5 Å². The van der Waals surface area contributed by atoms with Crippen molar-refractivity contribution in [2.24, 2.45) is 0 Å². The fourth-order valence-corrected chi connectivity index (χ4v) is 3.73. The minimum Gasteiger partial charge on any atom is -0.490 e. The Labute approximate surface area is 198 Å². The quantitative estimate of drug-likeness (QED) is 0.301. The monoisotopic (exact) mass is 475 g/mol. The van der Waals surface area contributed by atoms with Gasteiger partial charge < -0.3 is 14.8 Å². The van der Waals surface area contributed by atoms with E-state index in [4.69, 9.17) is 44.3 Å². The molecule has 162 valence electrons. The van der Waals surface area contributed by atoms with Gasteiger partial charge in [0.1, 0.15) is 6.61 Å². The van der Waals surface area contributed by atoms with Gasteiger partial charge in [0.2, 0.25) is 0 Å². The number of halogens is 3. The van der Waals surface area contributed by atoms with E-state index in [-0.39, 0.29) is 0 Å². The van der Waals surface area contributed by atoms with Crippen molar-refractivity contribution in [2.75, 3.05) is 11.9 Å². The largest absolute Gasteiger partial charge is 0.490 e. The lowest BCUT2D eigenvalue weighted by Crippen LogP contribution is -2.06. The van der Waals surface area contributed by atoms with Crippen LogP contribution in [0.5, 0.6) is 11.5 Å². The zero-order chi connectivity index (χ0) is 22.2. The maximum Gasteiger partial charge on any atom is 0.165 e. The first-order chi connectivity index (χ1) is 15.0. The van der Waals surface area contributed by atoms with E-state index in [2.05, 4.69) is 18.0 Å². The van der Waals surface area contributed by atoms with Crippen LogP contribution in [0.1, 0.15) is 23.6 Å². The summed E-state index contributed by atoms with van der Waals surface area (Å²) in [5, 5.41) is 5.23. The molecule has 1 N–H and O–H groups in total. The van der Waals surface area contributed by atoms with Crippen molar-refractivity contribution in [2.45, 2.75) is 26.5 Å². The molecule has 31 heavy (non-hydrogen) atoms. The molecular formula is C25H24Cl3NO2. The summed E-state index contributed by atoms with van der Waals surface area (Å²) in [5.41, 5.74) is 3.90. The number of hydrogen-bond donors (Lipinski definition) is 1. The third-order valence-electron chi connectivity index (χ3n) is 4.57. The average Bonchev–Trinajstić information content (AvgIpc) is 2.74. The van der Waals surface area contributed by atoms with Gasteiger partial charge in [0, 0.05) is 22.2 Å². The highest BCUT2D eigenvalue weighted by Gasteiger charge is 2.14. The zero-order valence-electron chi connectivity index (χ0n) is 17.3.